The molecule has 2 aromatic carbocycles. The number of benzene rings is 2. The molecule has 0 unspecified atom stereocenters. The molecule has 1 heterocycles. The van der Waals surface area contributed by atoms with Gasteiger partial charge in [0.2, 0.25) is 0 Å². The molecule has 3 nitrogen and oxygen atoms in total. The highest BCUT2D eigenvalue weighted by Gasteiger charge is 2.27. The SMILES string of the molecule is CCOC(=O)[C@@H]1CCc2ccc(-c3ccc(F)c(Cl)c3)cc2O1. The zero-order chi connectivity index (χ0) is 16.4. The Labute approximate surface area is 139 Å². The largest absolute Gasteiger partial charge is 0.478 e. The third-order valence-corrected chi connectivity index (χ3v) is 4.10. The summed E-state index contributed by atoms with van der Waals surface area (Å²) in [7, 11) is 0. The number of hydrogen-bond acceptors (Lipinski definition) is 3. The van der Waals surface area contributed by atoms with Gasteiger partial charge in [0.05, 0.1) is 11.6 Å². The monoisotopic (exact) mass is 334 g/mol. The van der Waals surface area contributed by atoms with Gasteiger partial charge in [-0.1, -0.05) is 29.8 Å². The number of aryl methyl sites for hydroxylation is 1. The minimum Gasteiger partial charge on any atom is -0.478 e. The van der Waals surface area contributed by atoms with Gasteiger partial charge in [0, 0.05) is 0 Å². The Hall–Kier alpha value is -2.07. The number of rotatable bonds is 3. The van der Waals surface area contributed by atoms with E-state index < -0.39 is 11.9 Å². The summed E-state index contributed by atoms with van der Waals surface area (Å²) >= 11 is 5.84. The molecular formula is C18H16ClFO3. The molecule has 1 atom stereocenters. The average molecular weight is 335 g/mol. The van der Waals surface area contributed by atoms with E-state index in [1.807, 2.05) is 18.2 Å². The maximum absolute atomic E-state index is 13.3. The summed E-state index contributed by atoms with van der Waals surface area (Å²) < 4.78 is 24.1. The summed E-state index contributed by atoms with van der Waals surface area (Å²) in [4.78, 5) is 11.8. The van der Waals surface area contributed by atoms with Crippen LogP contribution >= 0.6 is 11.6 Å². The number of fused-ring (bicyclic) bond motifs is 1. The van der Waals surface area contributed by atoms with Crippen LogP contribution in [0.1, 0.15) is 18.9 Å². The lowest BCUT2D eigenvalue weighted by Gasteiger charge is -2.25. The Morgan fingerprint density at radius 3 is 2.78 bits per heavy atom. The minimum absolute atomic E-state index is 0.0746. The van der Waals surface area contributed by atoms with Crippen molar-refractivity contribution in [1.29, 1.82) is 0 Å². The van der Waals surface area contributed by atoms with Crippen LogP contribution in [0.4, 0.5) is 4.39 Å². The molecule has 0 aliphatic carbocycles. The number of ether oxygens (including phenoxy) is 2. The molecule has 1 aliphatic rings. The van der Waals surface area contributed by atoms with Crippen LogP contribution in [-0.4, -0.2) is 18.7 Å². The topological polar surface area (TPSA) is 35.5 Å². The molecule has 0 N–H and O–H groups in total. The molecule has 0 amide bonds. The molecule has 3 rings (SSSR count). The first kappa shape index (κ1) is 15.8. The quantitative estimate of drug-likeness (QED) is 0.780. The Balaban J connectivity index is 1.88. The lowest BCUT2D eigenvalue weighted by atomic mass is 9.97. The molecule has 1 aliphatic heterocycles. The van der Waals surface area contributed by atoms with Crippen LogP contribution in [0.3, 0.4) is 0 Å². The molecule has 120 valence electrons. The molecule has 5 heteroatoms. The van der Waals surface area contributed by atoms with E-state index in [4.69, 9.17) is 21.1 Å². The van der Waals surface area contributed by atoms with Gasteiger partial charge in [-0.25, -0.2) is 9.18 Å². The van der Waals surface area contributed by atoms with E-state index in [1.54, 1.807) is 19.1 Å². The molecular weight excluding hydrogens is 319 g/mol. The second-order valence-electron chi connectivity index (χ2n) is 5.35. The summed E-state index contributed by atoms with van der Waals surface area (Å²) in [6.07, 6.45) is 0.783. The fourth-order valence-electron chi connectivity index (χ4n) is 2.63. The van der Waals surface area contributed by atoms with Gasteiger partial charge in [-0.15, -0.1) is 0 Å². The van der Waals surface area contributed by atoms with Gasteiger partial charge in [-0.2, -0.15) is 0 Å². The van der Waals surface area contributed by atoms with Crippen LogP contribution in [0, 0.1) is 5.82 Å². The van der Waals surface area contributed by atoms with Gasteiger partial charge >= 0.3 is 5.97 Å². The molecule has 0 spiro atoms. The predicted molar refractivity (Wildman–Crippen MR) is 86.2 cm³/mol. The summed E-state index contributed by atoms with van der Waals surface area (Å²) in [5.74, 6) is -0.132. The van der Waals surface area contributed by atoms with Crippen molar-refractivity contribution in [2.24, 2.45) is 0 Å². The number of halogens is 2. The molecule has 23 heavy (non-hydrogen) atoms. The highest BCUT2D eigenvalue weighted by atomic mass is 35.5. The highest BCUT2D eigenvalue weighted by Crippen LogP contribution is 2.33. The molecule has 0 saturated heterocycles. The van der Waals surface area contributed by atoms with E-state index >= 15 is 0 Å². The van der Waals surface area contributed by atoms with E-state index in [2.05, 4.69) is 0 Å². The number of esters is 1. The van der Waals surface area contributed by atoms with Gasteiger partial charge in [0.1, 0.15) is 11.6 Å². The van der Waals surface area contributed by atoms with Gasteiger partial charge in [-0.3, -0.25) is 0 Å². The summed E-state index contributed by atoms with van der Waals surface area (Å²) in [5, 5.41) is 0.0746. The highest BCUT2D eigenvalue weighted by molar-refractivity contribution is 6.31. The molecule has 0 radical (unpaired) electrons. The summed E-state index contributed by atoms with van der Waals surface area (Å²) in [5.41, 5.74) is 2.69. The standard InChI is InChI=1S/C18H16ClFO3/c1-2-22-18(21)16-8-6-11-3-4-13(10-17(11)23-16)12-5-7-15(20)14(19)9-12/h3-5,7,9-10,16H,2,6,8H2,1H3/t16-/m0/s1. The maximum atomic E-state index is 13.3. The Morgan fingerprint density at radius 2 is 2.04 bits per heavy atom. The zero-order valence-corrected chi connectivity index (χ0v) is 13.4. The van der Waals surface area contributed by atoms with Crippen LogP contribution in [0.5, 0.6) is 5.75 Å². The lowest BCUT2D eigenvalue weighted by molar-refractivity contribution is -0.152. The van der Waals surface area contributed by atoms with Gasteiger partial charge < -0.3 is 9.47 Å². The summed E-state index contributed by atoms with van der Waals surface area (Å²) in [6, 6.07) is 10.3. The lowest BCUT2D eigenvalue weighted by Crippen LogP contribution is -2.32. The average Bonchev–Trinajstić information content (AvgIpc) is 2.56. The van der Waals surface area contributed by atoms with Crippen LogP contribution in [-0.2, 0) is 16.0 Å². The first-order chi connectivity index (χ1) is 11.1. The number of carbonyl (C=O) groups excluding carboxylic acids is 1. The third kappa shape index (κ3) is 3.32. The second-order valence-corrected chi connectivity index (χ2v) is 5.76. The van der Waals surface area contributed by atoms with E-state index in [0.717, 1.165) is 23.1 Å². The van der Waals surface area contributed by atoms with Crippen molar-refractivity contribution < 1.29 is 18.7 Å². The van der Waals surface area contributed by atoms with Crippen LogP contribution < -0.4 is 4.74 Å². The second kappa shape index (κ2) is 6.59. The fraction of sp³-hybridized carbons (Fsp3) is 0.278. The van der Waals surface area contributed by atoms with Crippen molar-refractivity contribution >= 4 is 17.6 Å². The Kier molecular flexibility index (Phi) is 4.53. The third-order valence-electron chi connectivity index (χ3n) is 3.81. The minimum atomic E-state index is -0.575. The van der Waals surface area contributed by atoms with E-state index in [9.17, 15) is 9.18 Å². The van der Waals surface area contributed by atoms with Crippen molar-refractivity contribution in [3.63, 3.8) is 0 Å². The first-order valence-electron chi connectivity index (χ1n) is 7.50. The van der Waals surface area contributed by atoms with Crippen LogP contribution in [0.25, 0.3) is 11.1 Å². The van der Waals surface area contributed by atoms with Gasteiger partial charge in [0.15, 0.2) is 6.10 Å². The van der Waals surface area contributed by atoms with E-state index in [0.29, 0.717) is 18.8 Å². The first-order valence-corrected chi connectivity index (χ1v) is 7.88. The molecule has 0 saturated carbocycles. The van der Waals surface area contributed by atoms with Crippen molar-refractivity contribution in [2.75, 3.05) is 6.61 Å². The van der Waals surface area contributed by atoms with Crippen molar-refractivity contribution in [3.8, 4) is 16.9 Å². The smallest absolute Gasteiger partial charge is 0.347 e. The van der Waals surface area contributed by atoms with Crippen LogP contribution in [0.15, 0.2) is 36.4 Å². The van der Waals surface area contributed by atoms with Crippen molar-refractivity contribution in [1.82, 2.24) is 0 Å². The van der Waals surface area contributed by atoms with Crippen molar-refractivity contribution in [2.45, 2.75) is 25.9 Å². The normalized spacial score (nSPS) is 16.4. The Morgan fingerprint density at radius 1 is 1.30 bits per heavy atom. The van der Waals surface area contributed by atoms with E-state index in [-0.39, 0.29) is 11.0 Å². The fourth-order valence-corrected chi connectivity index (χ4v) is 2.81. The predicted octanol–water partition coefficient (Wildman–Crippen LogP) is 4.40. The maximum Gasteiger partial charge on any atom is 0.347 e. The number of carbonyl (C=O) groups is 1. The molecule has 0 aromatic heterocycles. The summed E-state index contributed by atoms with van der Waals surface area (Å²) in [6.45, 7) is 2.10. The van der Waals surface area contributed by atoms with Gasteiger partial charge in [-0.05, 0) is 54.7 Å². The number of hydrogen-bond donors (Lipinski definition) is 0. The molecule has 0 bridgehead atoms. The Bertz CT molecular complexity index is 745. The van der Waals surface area contributed by atoms with Gasteiger partial charge in [0.25, 0.3) is 0 Å². The van der Waals surface area contributed by atoms with E-state index in [1.165, 1.54) is 6.07 Å². The van der Waals surface area contributed by atoms with Crippen LogP contribution in [0.2, 0.25) is 5.02 Å². The molecule has 0 fully saturated rings. The van der Waals surface area contributed by atoms with Crippen molar-refractivity contribution in [3.05, 3.63) is 52.8 Å². The molecule has 2 aromatic rings. The zero-order valence-electron chi connectivity index (χ0n) is 12.6.